The van der Waals surface area contributed by atoms with Crippen molar-refractivity contribution in [3.05, 3.63) is 0 Å². The first-order valence-electron chi connectivity index (χ1n) is 5.30. The third-order valence-electron chi connectivity index (χ3n) is 2.25. The van der Waals surface area contributed by atoms with E-state index in [0.717, 1.165) is 25.7 Å². The van der Waals surface area contributed by atoms with Crippen LogP contribution in [0.4, 0.5) is 0 Å². The van der Waals surface area contributed by atoms with Gasteiger partial charge in [-0.1, -0.05) is 22.4 Å². The molecule has 0 aromatic rings. The molecule has 0 saturated heterocycles. The predicted molar refractivity (Wildman–Crippen MR) is 63.4 cm³/mol. The van der Waals surface area contributed by atoms with Crippen LogP contribution in [0.3, 0.4) is 0 Å². The van der Waals surface area contributed by atoms with Crippen molar-refractivity contribution in [3.8, 4) is 0 Å². The first-order valence-corrected chi connectivity index (χ1v) is 6.51. The molecule has 1 unspecified atom stereocenters. The molecule has 1 N–H and O–H groups in total. The second kappa shape index (κ2) is 8.60. The number of methoxy groups -OCH3 is 2. The molecule has 0 aliphatic rings. The van der Waals surface area contributed by atoms with E-state index in [2.05, 4.69) is 19.2 Å². The minimum atomic E-state index is -0.339. The summed E-state index contributed by atoms with van der Waals surface area (Å²) < 4.78 is 10.8. The van der Waals surface area contributed by atoms with E-state index in [1.807, 2.05) is 0 Å². The van der Waals surface area contributed by atoms with E-state index in [9.17, 15) is 0 Å². The molecule has 0 amide bonds. The minimum absolute atomic E-state index is 0.339. The smallest absolute Gasteiger partial charge is 0.182 e. The Morgan fingerprint density at radius 1 is 1.14 bits per heavy atom. The van der Waals surface area contributed by atoms with Crippen LogP contribution in [0.5, 0.6) is 0 Å². The Morgan fingerprint density at radius 2 is 1.79 bits per heavy atom. The quantitative estimate of drug-likeness (QED) is 0.367. The summed E-state index contributed by atoms with van der Waals surface area (Å²) >= 11 is 0. The second-order valence-electron chi connectivity index (χ2n) is 3.19. The molecule has 0 aromatic carbocycles. The highest BCUT2D eigenvalue weighted by Gasteiger charge is 2.25. The monoisotopic (exact) mass is 221 g/mol. The molecule has 0 rings (SSSR count). The van der Waals surface area contributed by atoms with Crippen molar-refractivity contribution in [1.82, 2.24) is 5.32 Å². The lowest BCUT2D eigenvalue weighted by atomic mass is 10.5. The SMILES string of the molecule is CCCNCCPC(CC)(OC)OC. The molecule has 4 heteroatoms. The maximum atomic E-state index is 5.41. The summed E-state index contributed by atoms with van der Waals surface area (Å²) in [6.45, 7) is 6.43. The van der Waals surface area contributed by atoms with Crippen molar-refractivity contribution in [3.63, 3.8) is 0 Å². The zero-order valence-electron chi connectivity index (χ0n) is 9.85. The average molecular weight is 221 g/mol. The number of hydrogen-bond donors (Lipinski definition) is 1. The fourth-order valence-corrected chi connectivity index (χ4v) is 2.51. The van der Waals surface area contributed by atoms with Gasteiger partial charge < -0.3 is 14.8 Å². The van der Waals surface area contributed by atoms with E-state index < -0.39 is 0 Å². The number of rotatable bonds is 9. The van der Waals surface area contributed by atoms with Gasteiger partial charge in [0.05, 0.1) is 0 Å². The molecule has 14 heavy (non-hydrogen) atoms. The van der Waals surface area contributed by atoms with Crippen LogP contribution in [-0.4, -0.2) is 39.0 Å². The normalized spacial score (nSPS) is 12.9. The molecule has 0 bridgehead atoms. The molecule has 0 radical (unpaired) electrons. The van der Waals surface area contributed by atoms with Gasteiger partial charge in [0.15, 0.2) is 5.53 Å². The Kier molecular flexibility index (Phi) is 8.80. The topological polar surface area (TPSA) is 30.5 Å². The molecule has 3 nitrogen and oxygen atoms in total. The molecule has 0 spiro atoms. The van der Waals surface area contributed by atoms with Crippen molar-refractivity contribution >= 4 is 8.58 Å². The van der Waals surface area contributed by atoms with Gasteiger partial charge in [-0.15, -0.1) is 0 Å². The zero-order chi connectivity index (χ0) is 10.9. The van der Waals surface area contributed by atoms with Crippen LogP contribution < -0.4 is 5.32 Å². The molecular formula is C10H24NO2P. The lowest BCUT2D eigenvalue weighted by Gasteiger charge is -2.29. The van der Waals surface area contributed by atoms with Crippen LogP contribution >= 0.6 is 8.58 Å². The van der Waals surface area contributed by atoms with Crippen LogP contribution in [0, 0.1) is 0 Å². The molecule has 0 fully saturated rings. The molecule has 1 atom stereocenters. The number of ether oxygens (including phenoxy) is 2. The third kappa shape index (κ3) is 5.26. The number of nitrogens with one attached hydrogen (secondary N) is 1. The molecule has 86 valence electrons. The first-order chi connectivity index (χ1) is 6.74. The van der Waals surface area contributed by atoms with Crippen LogP contribution in [0.1, 0.15) is 26.7 Å². The van der Waals surface area contributed by atoms with Crippen molar-refractivity contribution in [2.45, 2.75) is 32.2 Å². The van der Waals surface area contributed by atoms with Gasteiger partial charge in [-0.05, 0) is 25.7 Å². The zero-order valence-corrected chi connectivity index (χ0v) is 10.9. The summed E-state index contributed by atoms with van der Waals surface area (Å²) in [6, 6.07) is 0. The summed E-state index contributed by atoms with van der Waals surface area (Å²) in [5.74, 6) is 0. The maximum absolute atomic E-state index is 5.41. The summed E-state index contributed by atoms with van der Waals surface area (Å²) in [5, 5.41) is 3.38. The van der Waals surface area contributed by atoms with Gasteiger partial charge in [-0.3, -0.25) is 0 Å². The minimum Gasteiger partial charge on any atom is -0.350 e. The first kappa shape index (κ1) is 14.3. The van der Waals surface area contributed by atoms with E-state index in [1.165, 1.54) is 6.42 Å². The molecule has 0 aliphatic carbocycles. The van der Waals surface area contributed by atoms with Gasteiger partial charge in [0.25, 0.3) is 0 Å². The Morgan fingerprint density at radius 3 is 2.21 bits per heavy atom. The lowest BCUT2D eigenvalue weighted by Crippen LogP contribution is -2.29. The Bertz CT molecular complexity index is 121. The highest BCUT2D eigenvalue weighted by atomic mass is 31.1. The Balaban J connectivity index is 3.61. The van der Waals surface area contributed by atoms with Crippen LogP contribution in [0.25, 0.3) is 0 Å². The Hall–Kier alpha value is 0.310. The van der Waals surface area contributed by atoms with Crippen molar-refractivity contribution in [1.29, 1.82) is 0 Å². The van der Waals surface area contributed by atoms with E-state index in [-0.39, 0.29) is 5.53 Å². The second-order valence-corrected chi connectivity index (χ2v) is 4.81. The van der Waals surface area contributed by atoms with Crippen LogP contribution in [0.15, 0.2) is 0 Å². The van der Waals surface area contributed by atoms with Gasteiger partial charge in [-0.2, -0.15) is 0 Å². The van der Waals surface area contributed by atoms with Crippen molar-refractivity contribution in [2.24, 2.45) is 0 Å². The number of hydrogen-bond acceptors (Lipinski definition) is 3. The molecule has 0 saturated carbocycles. The van der Waals surface area contributed by atoms with Gasteiger partial charge >= 0.3 is 0 Å². The van der Waals surface area contributed by atoms with E-state index in [4.69, 9.17) is 9.47 Å². The molecular weight excluding hydrogens is 197 g/mol. The summed E-state index contributed by atoms with van der Waals surface area (Å²) in [4.78, 5) is 0. The highest BCUT2D eigenvalue weighted by Crippen LogP contribution is 2.35. The van der Waals surface area contributed by atoms with Crippen LogP contribution in [0.2, 0.25) is 0 Å². The molecule has 0 aliphatic heterocycles. The van der Waals surface area contributed by atoms with Gasteiger partial charge in [0.2, 0.25) is 0 Å². The van der Waals surface area contributed by atoms with E-state index in [0.29, 0.717) is 8.58 Å². The molecule has 0 heterocycles. The third-order valence-corrected chi connectivity index (χ3v) is 4.05. The van der Waals surface area contributed by atoms with Gasteiger partial charge in [-0.25, -0.2) is 0 Å². The Labute approximate surface area is 89.7 Å². The van der Waals surface area contributed by atoms with Crippen molar-refractivity contribution < 1.29 is 9.47 Å². The summed E-state index contributed by atoms with van der Waals surface area (Å²) in [5.41, 5.74) is -0.339. The average Bonchev–Trinajstić information content (AvgIpc) is 2.24. The maximum Gasteiger partial charge on any atom is 0.182 e. The van der Waals surface area contributed by atoms with E-state index in [1.54, 1.807) is 14.2 Å². The summed E-state index contributed by atoms with van der Waals surface area (Å²) in [7, 11) is 4.14. The van der Waals surface area contributed by atoms with Crippen molar-refractivity contribution in [2.75, 3.05) is 33.5 Å². The predicted octanol–water partition coefficient (Wildman–Crippen LogP) is 2.02. The van der Waals surface area contributed by atoms with Crippen LogP contribution in [-0.2, 0) is 9.47 Å². The largest absolute Gasteiger partial charge is 0.350 e. The lowest BCUT2D eigenvalue weighted by molar-refractivity contribution is -0.138. The van der Waals surface area contributed by atoms with Gasteiger partial charge in [0.1, 0.15) is 0 Å². The van der Waals surface area contributed by atoms with E-state index >= 15 is 0 Å². The highest BCUT2D eigenvalue weighted by molar-refractivity contribution is 7.39. The fraction of sp³-hybridized carbons (Fsp3) is 1.00. The standard InChI is InChI=1S/C10H24NO2P/c1-5-7-11-8-9-14-10(6-2,12-3)13-4/h11,14H,5-9H2,1-4H3. The van der Waals surface area contributed by atoms with Gasteiger partial charge in [0, 0.05) is 20.6 Å². The fourth-order valence-electron chi connectivity index (χ4n) is 1.28. The molecule has 0 aromatic heterocycles. The summed E-state index contributed by atoms with van der Waals surface area (Å²) in [6.07, 6.45) is 3.22.